The first-order valence-corrected chi connectivity index (χ1v) is 7.45. The molecule has 4 nitrogen and oxygen atoms in total. The Kier molecular flexibility index (Phi) is 4.00. The lowest BCUT2D eigenvalue weighted by molar-refractivity contribution is 0.206. The van der Waals surface area contributed by atoms with Crippen molar-refractivity contribution in [2.45, 2.75) is 19.9 Å². The largest absolute Gasteiger partial charge is 0.495 e. The Morgan fingerprint density at radius 3 is 2.73 bits per heavy atom. The van der Waals surface area contributed by atoms with E-state index in [4.69, 9.17) is 4.74 Å². The molecular formula is C18H20N2O2. The van der Waals surface area contributed by atoms with Gasteiger partial charge in [0.1, 0.15) is 5.75 Å². The van der Waals surface area contributed by atoms with Crippen LogP contribution in [0.2, 0.25) is 0 Å². The van der Waals surface area contributed by atoms with Gasteiger partial charge in [0.25, 0.3) is 0 Å². The monoisotopic (exact) mass is 296 g/mol. The summed E-state index contributed by atoms with van der Waals surface area (Å²) in [6, 6.07) is 14.0. The minimum Gasteiger partial charge on any atom is -0.495 e. The third-order valence-corrected chi connectivity index (χ3v) is 4.01. The van der Waals surface area contributed by atoms with E-state index in [0.29, 0.717) is 18.0 Å². The fourth-order valence-corrected chi connectivity index (χ4v) is 2.78. The van der Waals surface area contributed by atoms with Gasteiger partial charge in [-0.15, -0.1) is 0 Å². The Morgan fingerprint density at radius 1 is 1.18 bits per heavy atom. The van der Waals surface area contributed by atoms with E-state index in [1.165, 1.54) is 11.1 Å². The van der Waals surface area contributed by atoms with Gasteiger partial charge in [-0.05, 0) is 42.2 Å². The molecule has 2 aromatic rings. The van der Waals surface area contributed by atoms with Crippen LogP contribution in [0.5, 0.6) is 5.75 Å². The second-order valence-corrected chi connectivity index (χ2v) is 5.57. The van der Waals surface area contributed by atoms with Crippen LogP contribution in [0.4, 0.5) is 10.5 Å². The van der Waals surface area contributed by atoms with Crippen molar-refractivity contribution in [3.8, 4) is 5.75 Å². The van der Waals surface area contributed by atoms with Crippen molar-refractivity contribution in [1.29, 1.82) is 0 Å². The molecule has 2 amide bonds. The lowest BCUT2D eigenvalue weighted by Crippen LogP contribution is -2.38. The van der Waals surface area contributed by atoms with Crippen LogP contribution in [0.1, 0.15) is 16.7 Å². The van der Waals surface area contributed by atoms with E-state index in [2.05, 4.69) is 17.4 Å². The minimum absolute atomic E-state index is 0.0848. The molecule has 0 saturated heterocycles. The summed E-state index contributed by atoms with van der Waals surface area (Å²) in [6.45, 7) is 3.37. The molecule has 0 bridgehead atoms. The molecule has 0 atom stereocenters. The van der Waals surface area contributed by atoms with Crippen LogP contribution < -0.4 is 10.1 Å². The molecule has 114 valence electrons. The van der Waals surface area contributed by atoms with Crippen molar-refractivity contribution >= 4 is 11.7 Å². The zero-order chi connectivity index (χ0) is 15.5. The third kappa shape index (κ3) is 2.91. The van der Waals surface area contributed by atoms with Crippen molar-refractivity contribution in [2.24, 2.45) is 0 Å². The third-order valence-electron chi connectivity index (χ3n) is 4.01. The van der Waals surface area contributed by atoms with E-state index in [9.17, 15) is 4.79 Å². The SMILES string of the molecule is COc1ccc(C)cc1NC(=O)N1CCc2ccccc2C1. The summed E-state index contributed by atoms with van der Waals surface area (Å²) in [5.41, 5.74) is 4.35. The minimum atomic E-state index is -0.0848. The smallest absolute Gasteiger partial charge is 0.322 e. The summed E-state index contributed by atoms with van der Waals surface area (Å²) in [5.74, 6) is 0.677. The first kappa shape index (κ1) is 14.4. The number of carbonyl (C=O) groups is 1. The van der Waals surface area contributed by atoms with Gasteiger partial charge in [-0.1, -0.05) is 30.3 Å². The Morgan fingerprint density at radius 2 is 1.95 bits per heavy atom. The Hall–Kier alpha value is -2.49. The standard InChI is InChI=1S/C18H20N2O2/c1-13-7-8-17(22-2)16(11-13)19-18(21)20-10-9-14-5-3-4-6-15(14)12-20/h3-8,11H,9-10,12H2,1-2H3,(H,19,21). The molecule has 1 aliphatic heterocycles. The van der Waals surface area contributed by atoms with E-state index in [1.807, 2.05) is 42.2 Å². The molecule has 0 radical (unpaired) electrons. The maximum absolute atomic E-state index is 12.5. The zero-order valence-corrected chi connectivity index (χ0v) is 12.9. The van der Waals surface area contributed by atoms with Gasteiger partial charge >= 0.3 is 6.03 Å². The number of methoxy groups -OCH3 is 1. The number of hydrogen-bond acceptors (Lipinski definition) is 2. The fraction of sp³-hybridized carbons (Fsp3) is 0.278. The highest BCUT2D eigenvalue weighted by Gasteiger charge is 2.21. The molecule has 0 saturated carbocycles. The maximum atomic E-state index is 12.5. The number of nitrogens with one attached hydrogen (secondary N) is 1. The number of hydrogen-bond donors (Lipinski definition) is 1. The summed E-state index contributed by atoms with van der Waals surface area (Å²) >= 11 is 0. The molecule has 1 aliphatic rings. The van der Waals surface area contributed by atoms with Gasteiger partial charge in [0.15, 0.2) is 0 Å². The number of carbonyl (C=O) groups excluding carboxylic acids is 1. The van der Waals surface area contributed by atoms with E-state index in [-0.39, 0.29) is 6.03 Å². The maximum Gasteiger partial charge on any atom is 0.322 e. The molecule has 0 spiro atoms. The number of nitrogens with zero attached hydrogens (tertiary/aromatic N) is 1. The van der Waals surface area contributed by atoms with Crippen molar-refractivity contribution in [1.82, 2.24) is 4.90 Å². The number of benzene rings is 2. The molecule has 4 heteroatoms. The topological polar surface area (TPSA) is 41.6 Å². The number of urea groups is 1. The van der Waals surface area contributed by atoms with Gasteiger partial charge in [0, 0.05) is 13.1 Å². The lowest BCUT2D eigenvalue weighted by atomic mass is 10.0. The van der Waals surface area contributed by atoms with Crippen molar-refractivity contribution in [3.05, 3.63) is 59.2 Å². The van der Waals surface area contributed by atoms with Gasteiger partial charge in [-0.25, -0.2) is 4.79 Å². The second-order valence-electron chi connectivity index (χ2n) is 5.57. The average Bonchev–Trinajstić information content (AvgIpc) is 2.54. The summed E-state index contributed by atoms with van der Waals surface area (Å²) < 4.78 is 5.31. The highest BCUT2D eigenvalue weighted by Crippen LogP contribution is 2.26. The molecular weight excluding hydrogens is 276 g/mol. The second kappa shape index (κ2) is 6.10. The van der Waals surface area contributed by atoms with E-state index in [0.717, 1.165) is 18.5 Å². The van der Waals surface area contributed by atoms with E-state index < -0.39 is 0 Å². The van der Waals surface area contributed by atoms with Crippen LogP contribution in [0.3, 0.4) is 0 Å². The number of rotatable bonds is 2. The quantitative estimate of drug-likeness (QED) is 0.920. The van der Waals surface area contributed by atoms with Crippen molar-refractivity contribution < 1.29 is 9.53 Å². The number of ether oxygens (including phenoxy) is 1. The van der Waals surface area contributed by atoms with Crippen LogP contribution in [-0.2, 0) is 13.0 Å². The summed E-state index contributed by atoms with van der Waals surface area (Å²) in [4.78, 5) is 14.4. The van der Waals surface area contributed by atoms with E-state index >= 15 is 0 Å². The number of anilines is 1. The van der Waals surface area contributed by atoms with Crippen molar-refractivity contribution in [2.75, 3.05) is 19.0 Å². The van der Waals surface area contributed by atoms with Gasteiger partial charge in [-0.3, -0.25) is 0 Å². The molecule has 2 aromatic carbocycles. The van der Waals surface area contributed by atoms with Crippen LogP contribution in [0.15, 0.2) is 42.5 Å². The normalized spacial score (nSPS) is 13.5. The molecule has 0 aliphatic carbocycles. The van der Waals surface area contributed by atoms with Crippen LogP contribution in [0.25, 0.3) is 0 Å². The number of amides is 2. The summed E-state index contributed by atoms with van der Waals surface area (Å²) in [7, 11) is 1.61. The van der Waals surface area contributed by atoms with E-state index in [1.54, 1.807) is 7.11 Å². The molecule has 0 aromatic heterocycles. The number of aryl methyl sites for hydroxylation is 1. The molecule has 1 N–H and O–H groups in total. The van der Waals surface area contributed by atoms with Crippen LogP contribution >= 0.6 is 0 Å². The zero-order valence-electron chi connectivity index (χ0n) is 12.9. The Balaban J connectivity index is 1.75. The van der Waals surface area contributed by atoms with Crippen LogP contribution in [0, 0.1) is 6.92 Å². The fourth-order valence-electron chi connectivity index (χ4n) is 2.78. The van der Waals surface area contributed by atoms with Crippen molar-refractivity contribution in [3.63, 3.8) is 0 Å². The highest BCUT2D eigenvalue weighted by molar-refractivity contribution is 5.91. The molecule has 1 heterocycles. The molecule has 22 heavy (non-hydrogen) atoms. The molecule has 0 unspecified atom stereocenters. The first-order chi connectivity index (χ1) is 10.7. The summed E-state index contributed by atoms with van der Waals surface area (Å²) in [5, 5.41) is 2.96. The summed E-state index contributed by atoms with van der Waals surface area (Å²) in [6.07, 6.45) is 0.897. The van der Waals surface area contributed by atoms with Gasteiger partial charge < -0.3 is 15.0 Å². The highest BCUT2D eigenvalue weighted by atomic mass is 16.5. The van der Waals surface area contributed by atoms with Gasteiger partial charge in [0.2, 0.25) is 0 Å². The first-order valence-electron chi connectivity index (χ1n) is 7.45. The van der Waals surface area contributed by atoms with Crippen LogP contribution in [-0.4, -0.2) is 24.6 Å². The number of fused-ring (bicyclic) bond motifs is 1. The predicted molar refractivity (Wildman–Crippen MR) is 87.3 cm³/mol. The molecule has 0 fully saturated rings. The predicted octanol–water partition coefficient (Wildman–Crippen LogP) is 3.59. The Labute approximate surface area is 130 Å². The molecule has 3 rings (SSSR count). The van der Waals surface area contributed by atoms with Gasteiger partial charge in [0.05, 0.1) is 12.8 Å². The lowest BCUT2D eigenvalue weighted by Gasteiger charge is -2.29. The Bertz CT molecular complexity index is 697. The van der Waals surface area contributed by atoms with Gasteiger partial charge in [-0.2, -0.15) is 0 Å². The average molecular weight is 296 g/mol.